The molecule has 1 heterocycles. The average molecular weight is 272 g/mol. The zero-order chi connectivity index (χ0) is 13.4. The Bertz CT molecular complexity index is 368. The van der Waals surface area contributed by atoms with Gasteiger partial charge in [-0.25, -0.2) is 4.98 Å². The van der Waals surface area contributed by atoms with Gasteiger partial charge in [0.05, 0.1) is 25.3 Å². The minimum absolute atomic E-state index is 0.228. The molecule has 0 spiro atoms. The van der Waals surface area contributed by atoms with E-state index in [-0.39, 0.29) is 12.4 Å². The van der Waals surface area contributed by atoms with Crippen molar-refractivity contribution in [3.8, 4) is 0 Å². The lowest BCUT2D eigenvalue weighted by Gasteiger charge is -2.18. The fourth-order valence-electron chi connectivity index (χ4n) is 1.47. The molecule has 5 nitrogen and oxygen atoms in total. The van der Waals surface area contributed by atoms with E-state index in [1.165, 1.54) is 0 Å². The lowest BCUT2D eigenvalue weighted by molar-refractivity contribution is -0.142. The monoisotopic (exact) mass is 272 g/mol. The molecule has 1 aromatic rings. The molecule has 0 N–H and O–H groups in total. The fraction of sp³-hybridized carbons (Fsp3) is 0.667. The molecule has 0 radical (unpaired) electrons. The Labute approximate surface area is 112 Å². The molecule has 0 amide bonds. The standard InChI is InChI=1S/C12H20N2O3S/c1-4-14(6-7-16-3)12-13-10(9-18-12)8-11(15)17-5-2/h9H,4-8H2,1-3H3. The van der Waals surface area contributed by atoms with E-state index in [1.54, 1.807) is 25.4 Å². The molecule has 0 aliphatic carbocycles. The Morgan fingerprint density at radius 3 is 2.89 bits per heavy atom. The average Bonchev–Trinajstić information content (AvgIpc) is 2.79. The predicted octanol–water partition coefficient (Wildman–Crippen LogP) is 1.72. The summed E-state index contributed by atoms with van der Waals surface area (Å²) in [6.07, 6.45) is 0.242. The molecule has 0 fully saturated rings. The van der Waals surface area contributed by atoms with E-state index < -0.39 is 0 Å². The number of rotatable bonds is 8. The van der Waals surface area contributed by atoms with Gasteiger partial charge in [0, 0.05) is 25.6 Å². The summed E-state index contributed by atoms with van der Waals surface area (Å²) in [6, 6.07) is 0. The fourth-order valence-corrected chi connectivity index (χ4v) is 2.39. The third kappa shape index (κ3) is 4.62. The Morgan fingerprint density at radius 1 is 1.50 bits per heavy atom. The maximum absolute atomic E-state index is 11.3. The molecular weight excluding hydrogens is 252 g/mol. The minimum atomic E-state index is -0.228. The van der Waals surface area contributed by atoms with Gasteiger partial charge in [-0.05, 0) is 13.8 Å². The highest BCUT2D eigenvalue weighted by atomic mass is 32.1. The van der Waals surface area contributed by atoms with Gasteiger partial charge in [0.1, 0.15) is 0 Å². The number of methoxy groups -OCH3 is 1. The van der Waals surface area contributed by atoms with Crippen molar-refractivity contribution in [3.05, 3.63) is 11.1 Å². The molecule has 1 rings (SSSR count). The number of carbonyl (C=O) groups is 1. The highest BCUT2D eigenvalue weighted by Crippen LogP contribution is 2.20. The van der Waals surface area contributed by atoms with Gasteiger partial charge in [0.15, 0.2) is 5.13 Å². The van der Waals surface area contributed by atoms with Crippen LogP contribution in [0, 0.1) is 0 Å². The number of hydrogen-bond acceptors (Lipinski definition) is 6. The van der Waals surface area contributed by atoms with E-state index in [4.69, 9.17) is 9.47 Å². The number of nitrogens with zero attached hydrogens (tertiary/aromatic N) is 2. The van der Waals surface area contributed by atoms with Crippen LogP contribution >= 0.6 is 11.3 Å². The second kappa shape index (κ2) is 8.05. The summed E-state index contributed by atoms with van der Waals surface area (Å²) >= 11 is 1.54. The van der Waals surface area contributed by atoms with Gasteiger partial charge in [-0.3, -0.25) is 4.79 Å². The maximum Gasteiger partial charge on any atom is 0.311 e. The van der Waals surface area contributed by atoms with Crippen molar-refractivity contribution in [2.24, 2.45) is 0 Å². The number of carbonyl (C=O) groups excluding carboxylic acids is 1. The number of likely N-dealkylation sites (N-methyl/N-ethyl adjacent to an activating group) is 1. The van der Waals surface area contributed by atoms with Gasteiger partial charge in [-0.2, -0.15) is 0 Å². The first kappa shape index (κ1) is 14.9. The summed E-state index contributed by atoms with van der Waals surface area (Å²) in [7, 11) is 1.68. The second-order valence-corrected chi connectivity index (χ2v) is 4.51. The van der Waals surface area contributed by atoms with Crippen molar-refractivity contribution in [2.75, 3.05) is 38.3 Å². The van der Waals surface area contributed by atoms with Crippen LogP contribution in [0.25, 0.3) is 0 Å². The minimum Gasteiger partial charge on any atom is -0.466 e. The normalized spacial score (nSPS) is 10.4. The van der Waals surface area contributed by atoms with Gasteiger partial charge in [0.25, 0.3) is 0 Å². The van der Waals surface area contributed by atoms with Crippen molar-refractivity contribution in [1.82, 2.24) is 4.98 Å². The SMILES string of the molecule is CCOC(=O)Cc1csc(N(CC)CCOC)n1. The van der Waals surface area contributed by atoms with E-state index in [0.717, 1.165) is 23.9 Å². The van der Waals surface area contributed by atoms with Gasteiger partial charge in [-0.1, -0.05) is 0 Å². The highest BCUT2D eigenvalue weighted by molar-refractivity contribution is 7.13. The van der Waals surface area contributed by atoms with Crippen LogP contribution in [-0.4, -0.2) is 44.4 Å². The molecule has 0 unspecified atom stereocenters. The van der Waals surface area contributed by atoms with Crippen molar-refractivity contribution in [3.63, 3.8) is 0 Å². The summed E-state index contributed by atoms with van der Waals surface area (Å²) in [4.78, 5) is 17.9. The summed E-state index contributed by atoms with van der Waals surface area (Å²) in [5.74, 6) is -0.228. The lowest BCUT2D eigenvalue weighted by Crippen LogP contribution is -2.26. The van der Waals surface area contributed by atoms with E-state index in [9.17, 15) is 4.79 Å². The first-order chi connectivity index (χ1) is 8.71. The van der Waals surface area contributed by atoms with Crippen molar-refractivity contribution >= 4 is 22.4 Å². The maximum atomic E-state index is 11.3. The zero-order valence-corrected chi connectivity index (χ0v) is 12.0. The van der Waals surface area contributed by atoms with Crippen LogP contribution in [0.15, 0.2) is 5.38 Å². The van der Waals surface area contributed by atoms with Gasteiger partial charge < -0.3 is 14.4 Å². The van der Waals surface area contributed by atoms with Crippen LogP contribution in [0.1, 0.15) is 19.5 Å². The third-order valence-corrected chi connectivity index (χ3v) is 3.34. The van der Waals surface area contributed by atoms with Crippen LogP contribution in [0.4, 0.5) is 5.13 Å². The number of anilines is 1. The first-order valence-electron chi connectivity index (χ1n) is 6.05. The Morgan fingerprint density at radius 2 is 2.28 bits per heavy atom. The molecule has 0 atom stereocenters. The second-order valence-electron chi connectivity index (χ2n) is 3.68. The van der Waals surface area contributed by atoms with E-state index >= 15 is 0 Å². The quantitative estimate of drug-likeness (QED) is 0.674. The van der Waals surface area contributed by atoms with E-state index in [0.29, 0.717) is 13.2 Å². The van der Waals surface area contributed by atoms with Crippen LogP contribution in [0.5, 0.6) is 0 Å². The van der Waals surface area contributed by atoms with Crippen molar-refractivity contribution in [1.29, 1.82) is 0 Å². The molecule has 0 aliphatic heterocycles. The number of aromatic nitrogens is 1. The van der Waals surface area contributed by atoms with Crippen LogP contribution in [-0.2, 0) is 20.7 Å². The Balaban J connectivity index is 2.57. The van der Waals surface area contributed by atoms with Gasteiger partial charge >= 0.3 is 5.97 Å². The third-order valence-electron chi connectivity index (χ3n) is 2.39. The molecule has 0 aliphatic rings. The number of esters is 1. The number of ether oxygens (including phenoxy) is 2. The topological polar surface area (TPSA) is 51.7 Å². The molecule has 0 aromatic carbocycles. The van der Waals surface area contributed by atoms with Crippen LogP contribution in [0.3, 0.4) is 0 Å². The largest absolute Gasteiger partial charge is 0.466 e. The first-order valence-corrected chi connectivity index (χ1v) is 6.93. The summed E-state index contributed by atoms with van der Waals surface area (Å²) in [6.45, 7) is 6.62. The van der Waals surface area contributed by atoms with Gasteiger partial charge in [0.2, 0.25) is 0 Å². The van der Waals surface area contributed by atoms with Gasteiger partial charge in [-0.15, -0.1) is 11.3 Å². The van der Waals surface area contributed by atoms with E-state index in [1.807, 2.05) is 5.38 Å². The molecule has 0 saturated carbocycles. The van der Waals surface area contributed by atoms with Crippen molar-refractivity contribution in [2.45, 2.75) is 20.3 Å². The Kier molecular flexibility index (Phi) is 6.67. The van der Waals surface area contributed by atoms with E-state index in [2.05, 4.69) is 16.8 Å². The lowest BCUT2D eigenvalue weighted by atomic mass is 10.3. The molecule has 1 aromatic heterocycles. The highest BCUT2D eigenvalue weighted by Gasteiger charge is 2.12. The predicted molar refractivity (Wildman–Crippen MR) is 72.2 cm³/mol. The number of hydrogen-bond donors (Lipinski definition) is 0. The summed E-state index contributed by atoms with van der Waals surface area (Å²) in [5, 5.41) is 2.83. The molecular formula is C12H20N2O3S. The summed E-state index contributed by atoms with van der Waals surface area (Å²) in [5.41, 5.74) is 0.768. The molecule has 102 valence electrons. The molecule has 0 bridgehead atoms. The molecule has 6 heteroatoms. The van der Waals surface area contributed by atoms with Crippen molar-refractivity contribution < 1.29 is 14.3 Å². The smallest absolute Gasteiger partial charge is 0.311 e. The van der Waals surface area contributed by atoms with Crippen LogP contribution < -0.4 is 4.90 Å². The Hall–Kier alpha value is -1.14. The molecule has 0 saturated heterocycles. The molecule has 18 heavy (non-hydrogen) atoms. The zero-order valence-electron chi connectivity index (χ0n) is 11.1. The van der Waals surface area contributed by atoms with Crippen LogP contribution in [0.2, 0.25) is 0 Å². The summed E-state index contributed by atoms with van der Waals surface area (Å²) < 4.78 is 9.96. The number of thiazole rings is 1.